The maximum absolute atomic E-state index is 12.2. The first kappa shape index (κ1) is 17.2. The molecule has 0 radical (unpaired) electrons. The van der Waals surface area contributed by atoms with Gasteiger partial charge in [0.2, 0.25) is 0 Å². The normalized spacial score (nSPS) is 24.7. The van der Waals surface area contributed by atoms with Crippen LogP contribution >= 0.6 is 19.2 Å². The maximum atomic E-state index is 12.2. The van der Waals surface area contributed by atoms with Gasteiger partial charge in [0.05, 0.1) is 13.2 Å². The summed E-state index contributed by atoms with van der Waals surface area (Å²) in [6, 6.07) is 0. The van der Waals surface area contributed by atoms with E-state index < -0.39 is 19.4 Å². The summed E-state index contributed by atoms with van der Waals surface area (Å²) in [4.78, 5) is 11.6. The molecule has 2 unspecified atom stereocenters. The van der Waals surface area contributed by atoms with Crippen LogP contribution in [0.4, 0.5) is 4.79 Å². The third kappa shape index (κ3) is 5.29. The Hall–Kier alpha value is -0.810. The van der Waals surface area contributed by atoms with Gasteiger partial charge in [0, 0.05) is 18.1 Å². The van der Waals surface area contributed by atoms with Crippen LogP contribution in [-0.4, -0.2) is 31.7 Å². The van der Waals surface area contributed by atoms with Crippen LogP contribution in [0.2, 0.25) is 0 Å². The molecule has 0 aromatic carbocycles. The lowest BCUT2D eigenvalue weighted by molar-refractivity contribution is 0.0531. The van der Waals surface area contributed by atoms with Gasteiger partial charge in [-0.05, 0) is 26.0 Å². The zero-order valence-electron chi connectivity index (χ0n) is 11.7. The summed E-state index contributed by atoms with van der Waals surface area (Å²) in [5.41, 5.74) is -1.29. The van der Waals surface area contributed by atoms with E-state index >= 15 is 0 Å². The van der Waals surface area contributed by atoms with Gasteiger partial charge in [-0.2, -0.15) is 0 Å². The van der Waals surface area contributed by atoms with Crippen molar-refractivity contribution in [3.63, 3.8) is 0 Å². The van der Waals surface area contributed by atoms with Crippen LogP contribution in [0, 0.1) is 0 Å². The van der Waals surface area contributed by atoms with E-state index in [1.165, 1.54) is 12.7 Å². The van der Waals surface area contributed by atoms with Crippen molar-refractivity contribution in [3.8, 4) is 0 Å². The molecule has 0 aliphatic heterocycles. The molecule has 0 heterocycles. The summed E-state index contributed by atoms with van der Waals surface area (Å²) in [6.45, 7) is 5.20. The van der Waals surface area contributed by atoms with Crippen LogP contribution in [0.1, 0.15) is 20.3 Å². The van der Waals surface area contributed by atoms with E-state index in [2.05, 4.69) is 5.32 Å². The summed E-state index contributed by atoms with van der Waals surface area (Å²) < 4.78 is 27.6. The molecule has 0 fully saturated rings. The number of amides is 1. The Morgan fingerprint density at radius 2 is 2.20 bits per heavy atom. The predicted octanol–water partition coefficient (Wildman–Crippen LogP) is 3.39. The van der Waals surface area contributed by atoms with E-state index in [-0.39, 0.29) is 19.6 Å². The second-order valence-electron chi connectivity index (χ2n) is 4.14. The number of rotatable bonds is 6. The zero-order chi connectivity index (χ0) is 15.2. The number of halogens is 1. The summed E-state index contributed by atoms with van der Waals surface area (Å²) >= 11 is 5.85. The third-order valence-electron chi connectivity index (χ3n) is 2.39. The fourth-order valence-electron chi connectivity index (χ4n) is 1.68. The standard InChI is InChI=1S/C12H19ClNO5P/c1-4-17-11(15)14-12(8-6-10(13)7-9-12)19-20(3,16)18-5-2/h6-8H,4-5,9H2,1-3H3,(H,14,15). The van der Waals surface area contributed by atoms with Gasteiger partial charge in [0.15, 0.2) is 5.72 Å². The highest BCUT2D eigenvalue weighted by molar-refractivity contribution is 7.53. The van der Waals surface area contributed by atoms with Crippen LogP contribution in [0.15, 0.2) is 23.3 Å². The van der Waals surface area contributed by atoms with Crippen molar-refractivity contribution in [2.45, 2.75) is 26.0 Å². The largest absolute Gasteiger partial charge is 0.450 e. The molecule has 0 saturated carbocycles. The fourth-order valence-corrected chi connectivity index (χ4v) is 3.11. The Balaban J connectivity index is 2.89. The molecule has 1 aliphatic carbocycles. The quantitative estimate of drug-likeness (QED) is 0.599. The highest BCUT2D eigenvalue weighted by Gasteiger charge is 2.38. The number of hydrogen-bond donors (Lipinski definition) is 1. The van der Waals surface area contributed by atoms with Gasteiger partial charge in [-0.15, -0.1) is 0 Å². The molecule has 1 amide bonds. The number of carbonyl (C=O) groups is 1. The summed E-state index contributed by atoms with van der Waals surface area (Å²) in [5, 5.41) is 3.05. The van der Waals surface area contributed by atoms with Gasteiger partial charge in [0.1, 0.15) is 0 Å². The number of ether oxygens (including phenoxy) is 1. The zero-order valence-corrected chi connectivity index (χ0v) is 13.4. The second-order valence-corrected chi connectivity index (χ2v) is 6.56. The summed E-state index contributed by atoms with van der Waals surface area (Å²) in [7, 11) is -3.32. The first-order valence-electron chi connectivity index (χ1n) is 6.25. The lowest BCUT2D eigenvalue weighted by atomic mass is 10.1. The third-order valence-corrected chi connectivity index (χ3v) is 4.06. The molecule has 2 atom stereocenters. The van der Waals surface area contributed by atoms with Crippen LogP contribution in [0.3, 0.4) is 0 Å². The Morgan fingerprint density at radius 3 is 2.70 bits per heavy atom. The molecule has 8 heteroatoms. The van der Waals surface area contributed by atoms with Crippen LogP contribution in [-0.2, 0) is 18.3 Å². The van der Waals surface area contributed by atoms with Crippen LogP contribution in [0.25, 0.3) is 0 Å². The number of carbonyl (C=O) groups excluding carboxylic acids is 1. The number of alkyl carbamates (subject to hydrolysis) is 1. The minimum Gasteiger partial charge on any atom is -0.450 e. The van der Waals surface area contributed by atoms with E-state index in [1.807, 2.05) is 0 Å². The monoisotopic (exact) mass is 323 g/mol. The van der Waals surface area contributed by atoms with E-state index in [4.69, 9.17) is 25.4 Å². The minimum atomic E-state index is -3.32. The molecule has 0 aromatic heterocycles. The highest BCUT2D eigenvalue weighted by Crippen LogP contribution is 2.49. The lowest BCUT2D eigenvalue weighted by Crippen LogP contribution is -2.49. The molecule has 20 heavy (non-hydrogen) atoms. The summed E-state index contributed by atoms with van der Waals surface area (Å²) in [5.74, 6) is 0. The maximum Gasteiger partial charge on any atom is 0.409 e. The molecule has 0 spiro atoms. The summed E-state index contributed by atoms with van der Waals surface area (Å²) in [6.07, 6.45) is 4.30. The van der Waals surface area contributed by atoms with Gasteiger partial charge < -0.3 is 9.26 Å². The molecule has 1 aliphatic rings. The molecular weight excluding hydrogens is 305 g/mol. The Kier molecular flexibility index (Phi) is 6.27. The Bertz CT molecular complexity index is 465. The molecule has 1 rings (SSSR count). The van der Waals surface area contributed by atoms with Crippen LogP contribution in [0.5, 0.6) is 0 Å². The van der Waals surface area contributed by atoms with Crippen LogP contribution < -0.4 is 5.32 Å². The van der Waals surface area contributed by atoms with Gasteiger partial charge in [0.25, 0.3) is 0 Å². The number of allylic oxidation sites excluding steroid dienone is 2. The molecule has 0 bridgehead atoms. The lowest BCUT2D eigenvalue weighted by Gasteiger charge is -2.34. The molecule has 114 valence electrons. The predicted molar refractivity (Wildman–Crippen MR) is 76.8 cm³/mol. The van der Waals surface area contributed by atoms with Crippen molar-refractivity contribution in [2.75, 3.05) is 19.9 Å². The average Bonchev–Trinajstić information content (AvgIpc) is 2.32. The van der Waals surface area contributed by atoms with Crippen molar-refractivity contribution in [1.29, 1.82) is 0 Å². The molecular formula is C12H19ClNO5P. The SMILES string of the molecule is CCOC(=O)NC1(OP(C)(=O)OCC)C=CC(Cl)=CC1. The van der Waals surface area contributed by atoms with E-state index in [0.29, 0.717) is 5.03 Å². The van der Waals surface area contributed by atoms with Crippen molar-refractivity contribution in [2.24, 2.45) is 0 Å². The minimum absolute atomic E-state index is 0.220. The van der Waals surface area contributed by atoms with Gasteiger partial charge in [-0.1, -0.05) is 17.7 Å². The fraction of sp³-hybridized carbons (Fsp3) is 0.583. The van der Waals surface area contributed by atoms with Gasteiger partial charge in [-0.3, -0.25) is 14.4 Å². The smallest absolute Gasteiger partial charge is 0.409 e. The Morgan fingerprint density at radius 1 is 1.50 bits per heavy atom. The van der Waals surface area contributed by atoms with Crippen molar-refractivity contribution >= 4 is 25.3 Å². The van der Waals surface area contributed by atoms with Crippen molar-refractivity contribution in [3.05, 3.63) is 23.3 Å². The van der Waals surface area contributed by atoms with Crippen molar-refractivity contribution in [1.82, 2.24) is 5.32 Å². The van der Waals surface area contributed by atoms with E-state index in [9.17, 15) is 9.36 Å². The first-order valence-corrected chi connectivity index (χ1v) is 8.62. The van der Waals surface area contributed by atoms with E-state index in [0.717, 1.165) is 0 Å². The molecule has 6 nitrogen and oxygen atoms in total. The molecule has 0 saturated heterocycles. The van der Waals surface area contributed by atoms with Gasteiger partial charge >= 0.3 is 13.7 Å². The number of hydrogen-bond acceptors (Lipinski definition) is 5. The average molecular weight is 324 g/mol. The first-order chi connectivity index (χ1) is 9.32. The topological polar surface area (TPSA) is 73.9 Å². The highest BCUT2D eigenvalue weighted by atomic mass is 35.5. The van der Waals surface area contributed by atoms with Gasteiger partial charge in [-0.25, -0.2) is 4.79 Å². The number of nitrogens with one attached hydrogen (secondary N) is 1. The molecule has 1 N–H and O–H groups in total. The van der Waals surface area contributed by atoms with E-state index in [1.54, 1.807) is 26.0 Å². The second kappa shape index (κ2) is 7.27. The van der Waals surface area contributed by atoms with Crippen molar-refractivity contribution < 1.29 is 23.1 Å². The Labute approximate surface area is 123 Å². The molecule has 0 aromatic rings.